The quantitative estimate of drug-likeness (QED) is 0.207. The lowest BCUT2D eigenvalue weighted by atomic mass is 9.95. The zero-order valence-corrected chi connectivity index (χ0v) is 21.0. The molecule has 172 valence electrons. The van der Waals surface area contributed by atoms with Crippen LogP contribution in [0.5, 0.6) is 0 Å². The summed E-state index contributed by atoms with van der Waals surface area (Å²) < 4.78 is 5.02. The van der Waals surface area contributed by atoms with Gasteiger partial charge >= 0.3 is 5.97 Å². The molecular formula is C31H30O2S. The van der Waals surface area contributed by atoms with Crippen molar-refractivity contribution in [2.45, 2.75) is 33.6 Å². The fraction of sp³-hybridized carbons (Fsp3) is 0.258. The molecule has 0 spiro atoms. The first-order valence-corrected chi connectivity index (χ1v) is 12.3. The summed E-state index contributed by atoms with van der Waals surface area (Å²) in [6.07, 6.45) is 5.21. The third-order valence-electron chi connectivity index (χ3n) is 5.11. The summed E-state index contributed by atoms with van der Waals surface area (Å²) in [7, 11) is 1.42. The van der Waals surface area contributed by atoms with Crippen molar-refractivity contribution in [1.82, 2.24) is 0 Å². The Morgan fingerprint density at radius 3 is 2.41 bits per heavy atom. The van der Waals surface area contributed by atoms with Crippen LogP contribution in [0, 0.1) is 35.0 Å². The standard InChI is InChI=1S/C31H30O2S/c1-31(2,3)18-7-5-6-13-28(30(32)33-4)22-26-12-8-10-24(20-26)15-16-25-11-9-14-27(21-25)29-17-19-34-23-29/h8-12,14-17,19-21,23,28H,13,22H2,1-4H3/b16-15+. The van der Waals surface area contributed by atoms with E-state index in [4.69, 9.17) is 4.74 Å². The molecule has 1 aromatic heterocycles. The largest absolute Gasteiger partial charge is 0.469 e. The van der Waals surface area contributed by atoms with Crippen LogP contribution in [0.15, 0.2) is 65.4 Å². The average molecular weight is 467 g/mol. The van der Waals surface area contributed by atoms with Crippen molar-refractivity contribution >= 4 is 29.5 Å². The third kappa shape index (κ3) is 8.11. The Balaban J connectivity index is 1.70. The molecule has 1 atom stereocenters. The fourth-order valence-electron chi connectivity index (χ4n) is 3.39. The highest BCUT2D eigenvalue weighted by molar-refractivity contribution is 7.08. The molecular weight excluding hydrogens is 436 g/mol. The van der Waals surface area contributed by atoms with Gasteiger partial charge in [0.25, 0.3) is 0 Å². The first kappa shape index (κ1) is 25.1. The van der Waals surface area contributed by atoms with E-state index in [1.165, 1.54) is 18.2 Å². The minimum Gasteiger partial charge on any atom is -0.469 e. The van der Waals surface area contributed by atoms with Crippen LogP contribution in [-0.2, 0) is 16.0 Å². The maximum absolute atomic E-state index is 12.3. The normalized spacial score (nSPS) is 11.8. The van der Waals surface area contributed by atoms with Crippen LogP contribution in [0.1, 0.15) is 43.9 Å². The molecule has 1 heterocycles. The maximum Gasteiger partial charge on any atom is 0.309 e. The first-order chi connectivity index (χ1) is 16.3. The molecule has 34 heavy (non-hydrogen) atoms. The molecule has 0 aliphatic heterocycles. The Morgan fingerprint density at radius 1 is 1.00 bits per heavy atom. The van der Waals surface area contributed by atoms with E-state index in [1.54, 1.807) is 11.3 Å². The van der Waals surface area contributed by atoms with E-state index in [-0.39, 0.29) is 17.3 Å². The van der Waals surface area contributed by atoms with E-state index >= 15 is 0 Å². The Bertz CT molecular complexity index is 1250. The van der Waals surface area contributed by atoms with Crippen LogP contribution in [0.25, 0.3) is 23.3 Å². The minimum atomic E-state index is -0.324. The van der Waals surface area contributed by atoms with Gasteiger partial charge in [-0.3, -0.25) is 4.79 Å². The Kier molecular flexibility index (Phi) is 8.92. The second-order valence-electron chi connectivity index (χ2n) is 9.15. The smallest absolute Gasteiger partial charge is 0.309 e. The van der Waals surface area contributed by atoms with E-state index in [0.717, 1.165) is 16.7 Å². The molecule has 0 N–H and O–H groups in total. The summed E-state index contributed by atoms with van der Waals surface area (Å²) >= 11 is 1.70. The highest BCUT2D eigenvalue weighted by atomic mass is 32.1. The third-order valence-corrected chi connectivity index (χ3v) is 5.80. The lowest BCUT2D eigenvalue weighted by molar-refractivity contribution is -0.145. The van der Waals surface area contributed by atoms with Crippen LogP contribution in [0.4, 0.5) is 0 Å². The van der Waals surface area contributed by atoms with Gasteiger partial charge in [-0.05, 0) is 89.7 Å². The summed E-state index contributed by atoms with van der Waals surface area (Å²) in [5.41, 5.74) is 5.68. The van der Waals surface area contributed by atoms with Crippen molar-refractivity contribution in [2.75, 3.05) is 7.11 Å². The van der Waals surface area contributed by atoms with Crippen molar-refractivity contribution in [3.8, 4) is 34.8 Å². The van der Waals surface area contributed by atoms with Gasteiger partial charge in [-0.1, -0.05) is 66.5 Å². The number of hydrogen-bond donors (Lipinski definition) is 0. The van der Waals surface area contributed by atoms with Crippen LogP contribution >= 0.6 is 11.3 Å². The van der Waals surface area contributed by atoms with Crippen LogP contribution < -0.4 is 0 Å². The number of methoxy groups -OCH3 is 1. The molecule has 0 saturated heterocycles. The second kappa shape index (κ2) is 12.1. The summed E-state index contributed by atoms with van der Waals surface area (Å²) in [6.45, 7) is 6.13. The van der Waals surface area contributed by atoms with E-state index in [9.17, 15) is 4.79 Å². The van der Waals surface area contributed by atoms with Gasteiger partial charge < -0.3 is 4.74 Å². The monoisotopic (exact) mass is 466 g/mol. The number of benzene rings is 2. The van der Waals surface area contributed by atoms with E-state index in [1.807, 2.05) is 32.9 Å². The molecule has 0 radical (unpaired) electrons. The van der Waals surface area contributed by atoms with Gasteiger partial charge in [-0.25, -0.2) is 0 Å². The number of rotatable bonds is 7. The predicted molar refractivity (Wildman–Crippen MR) is 144 cm³/mol. The molecule has 3 heteroatoms. The van der Waals surface area contributed by atoms with Gasteiger partial charge in [-0.2, -0.15) is 11.3 Å². The minimum absolute atomic E-state index is 0.0877. The van der Waals surface area contributed by atoms with Gasteiger partial charge in [0, 0.05) is 11.8 Å². The average Bonchev–Trinajstić information content (AvgIpc) is 3.36. The number of thiophene rings is 1. The SMILES string of the molecule is COC(=O)C(CC#CC#CC(C)(C)C)Cc1cccc(/C=C/c2cccc(-c3ccsc3)c2)c1. The van der Waals surface area contributed by atoms with Gasteiger partial charge in [0.15, 0.2) is 0 Å². The summed E-state index contributed by atoms with van der Waals surface area (Å²) in [5.74, 6) is 11.3. The molecule has 0 saturated carbocycles. The lowest BCUT2D eigenvalue weighted by Gasteiger charge is -2.12. The molecule has 0 aliphatic carbocycles. The van der Waals surface area contributed by atoms with Crippen LogP contribution in [-0.4, -0.2) is 13.1 Å². The van der Waals surface area contributed by atoms with Gasteiger partial charge in [0.1, 0.15) is 0 Å². The van der Waals surface area contributed by atoms with Gasteiger partial charge in [-0.15, -0.1) is 0 Å². The Morgan fingerprint density at radius 2 is 1.74 bits per heavy atom. The zero-order valence-electron chi connectivity index (χ0n) is 20.2. The molecule has 0 amide bonds. The maximum atomic E-state index is 12.3. The highest BCUT2D eigenvalue weighted by Crippen LogP contribution is 2.24. The zero-order chi connectivity index (χ0) is 24.4. The molecule has 0 aliphatic rings. The van der Waals surface area contributed by atoms with Crippen LogP contribution in [0.2, 0.25) is 0 Å². The van der Waals surface area contributed by atoms with E-state index in [0.29, 0.717) is 12.8 Å². The Hall–Kier alpha value is -3.53. The van der Waals surface area contributed by atoms with Crippen molar-refractivity contribution in [1.29, 1.82) is 0 Å². The summed E-state index contributed by atoms with van der Waals surface area (Å²) in [5, 5.41) is 4.25. The Labute approximate surface area is 207 Å². The summed E-state index contributed by atoms with van der Waals surface area (Å²) in [6, 6.07) is 18.9. The summed E-state index contributed by atoms with van der Waals surface area (Å²) in [4.78, 5) is 12.3. The number of ether oxygens (including phenoxy) is 1. The van der Waals surface area contributed by atoms with Crippen molar-refractivity contribution in [3.63, 3.8) is 0 Å². The van der Waals surface area contributed by atoms with Crippen molar-refractivity contribution < 1.29 is 9.53 Å². The molecule has 0 fully saturated rings. The fourth-order valence-corrected chi connectivity index (χ4v) is 4.06. The molecule has 2 nitrogen and oxygen atoms in total. The van der Waals surface area contributed by atoms with Gasteiger partial charge in [0.2, 0.25) is 0 Å². The first-order valence-electron chi connectivity index (χ1n) is 11.3. The van der Waals surface area contributed by atoms with Crippen molar-refractivity contribution in [3.05, 3.63) is 82.0 Å². The molecule has 1 unspecified atom stereocenters. The second-order valence-corrected chi connectivity index (χ2v) is 9.93. The lowest BCUT2D eigenvalue weighted by Crippen LogP contribution is -2.18. The molecule has 3 aromatic rings. The highest BCUT2D eigenvalue weighted by Gasteiger charge is 2.18. The molecule has 0 bridgehead atoms. The number of carbonyl (C=O) groups excluding carboxylic acids is 1. The predicted octanol–water partition coefficient (Wildman–Crippen LogP) is 7.36. The topological polar surface area (TPSA) is 26.3 Å². The van der Waals surface area contributed by atoms with Crippen molar-refractivity contribution in [2.24, 2.45) is 11.3 Å². The van der Waals surface area contributed by atoms with Crippen LogP contribution in [0.3, 0.4) is 0 Å². The van der Waals surface area contributed by atoms with E-state index in [2.05, 4.69) is 89.1 Å². The number of carbonyl (C=O) groups is 1. The number of hydrogen-bond acceptors (Lipinski definition) is 3. The van der Waals surface area contributed by atoms with E-state index < -0.39 is 0 Å². The number of esters is 1. The van der Waals surface area contributed by atoms with Gasteiger partial charge in [0.05, 0.1) is 13.0 Å². The molecule has 2 aromatic carbocycles. The molecule has 3 rings (SSSR count).